The van der Waals surface area contributed by atoms with Gasteiger partial charge in [-0.3, -0.25) is 4.79 Å². The first-order valence-electron chi connectivity index (χ1n) is 35.5. The maximum atomic E-state index is 13.1. The molecule has 0 saturated carbocycles. The van der Waals surface area contributed by atoms with E-state index in [0.29, 0.717) is 6.42 Å². The van der Waals surface area contributed by atoms with Crippen molar-refractivity contribution in [1.82, 2.24) is 5.32 Å². The van der Waals surface area contributed by atoms with Gasteiger partial charge in [0.25, 0.3) is 0 Å². The Morgan fingerprint density at radius 1 is 0.417 bits per heavy atom. The zero-order valence-electron chi connectivity index (χ0n) is 54.4. The van der Waals surface area contributed by atoms with Crippen molar-refractivity contribution in [3.05, 3.63) is 97.2 Å². The summed E-state index contributed by atoms with van der Waals surface area (Å²) < 4.78 is 11.3. The molecule has 1 aliphatic heterocycles. The molecule has 0 aromatic heterocycles. The zero-order chi connectivity index (χ0) is 60.7. The van der Waals surface area contributed by atoms with Crippen molar-refractivity contribution in [2.24, 2.45) is 0 Å². The molecule has 9 nitrogen and oxygen atoms in total. The van der Waals surface area contributed by atoms with Gasteiger partial charge in [0.15, 0.2) is 6.29 Å². The van der Waals surface area contributed by atoms with Crippen LogP contribution in [0.3, 0.4) is 0 Å². The molecule has 1 saturated heterocycles. The number of nitrogens with one attached hydrogen (secondary N) is 1. The Kier molecular flexibility index (Phi) is 59.5. The number of aliphatic hydroxyl groups excluding tert-OH is 5. The minimum atomic E-state index is -1.57. The summed E-state index contributed by atoms with van der Waals surface area (Å²) in [5.41, 5.74) is 0. The smallest absolute Gasteiger partial charge is 0.220 e. The average molecular weight is 1180 g/mol. The number of unbranched alkanes of at least 4 members (excludes halogenated alkanes) is 37. The monoisotopic (exact) mass is 1180 g/mol. The van der Waals surface area contributed by atoms with E-state index >= 15 is 0 Å². The van der Waals surface area contributed by atoms with E-state index in [4.69, 9.17) is 9.47 Å². The number of allylic oxidation sites excluding steroid dienone is 15. The van der Waals surface area contributed by atoms with Crippen molar-refractivity contribution in [2.45, 2.75) is 358 Å². The van der Waals surface area contributed by atoms with E-state index in [-0.39, 0.29) is 12.5 Å². The number of carbonyl (C=O) groups is 1. The zero-order valence-corrected chi connectivity index (χ0v) is 54.4. The Labute approximate surface area is 517 Å². The lowest BCUT2D eigenvalue weighted by atomic mass is 9.99. The number of hydrogen-bond acceptors (Lipinski definition) is 8. The molecule has 0 bridgehead atoms. The molecule has 7 unspecified atom stereocenters. The Morgan fingerprint density at radius 2 is 0.738 bits per heavy atom. The topological polar surface area (TPSA) is 149 Å². The highest BCUT2D eigenvalue weighted by Gasteiger charge is 2.44. The van der Waals surface area contributed by atoms with Crippen LogP contribution in [0.1, 0.15) is 316 Å². The second kappa shape index (κ2) is 63.1. The van der Waals surface area contributed by atoms with E-state index in [2.05, 4.69) is 104 Å². The van der Waals surface area contributed by atoms with Crippen LogP contribution in [0.2, 0.25) is 0 Å². The Hall–Kier alpha value is -2.89. The Morgan fingerprint density at radius 3 is 1.10 bits per heavy atom. The summed E-state index contributed by atoms with van der Waals surface area (Å²) in [4.78, 5) is 13.1. The Bertz CT molecular complexity index is 1650. The molecule has 84 heavy (non-hydrogen) atoms. The summed E-state index contributed by atoms with van der Waals surface area (Å²) in [5, 5.41) is 54.8. The number of rotatable bonds is 61. The first-order valence-corrected chi connectivity index (χ1v) is 35.5. The number of carbonyl (C=O) groups excluding carboxylic acids is 1. The molecule has 0 aromatic rings. The summed E-state index contributed by atoms with van der Waals surface area (Å²) in [6.07, 6.45) is 85.1. The van der Waals surface area contributed by atoms with E-state index in [1.807, 2.05) is 6.08 Å². The summed E-state index contributed by atoms with van der Waals surface area (Å²) >= 11 is 0. The molecule has 7 atom stereocenters. The van der Waals surface area contributed by atoms with Gasteiger partial charge in [-0.25, -0.2) is 0 Å². The van der Waals surface area contributed by atoms with E-state index in [1.54, 1.807) is 6.08 Å². The lowest BCUT2D eigenvalue weighted by Crippen LogP contribution is -2.60. The fourth-order valence-electron chi connectivity index (χ4n) is 10.9. The highest BCUT2D eigenvalue weighted by atomic mass is 16.7. The highest BCUT2D eigenvalue weighted by Crippen LogP contribution is 2.23. The largest absolute Gasteiger partial charge is 0.394 e. The number of amides is 1. The lowest BCUT2D eigenvalue weighted by molar-refractivity contribution is -0.302. The average Bonchev–Trinajstić information content (AvgIpc) is 3.70. The second-order valence-corrected chi connectivity index (χ2v) is 24.3. The molecule has 0 aromatic carbocycles. The molecule has 0 radical (unpaired) electrons. The predicted molar refractivity (Wildman–Crippen MR) is 359 cm³/mol. The van der Waals surface area contributed by atoms with Crippen molar-refractivity contribution < 1.29 is 39.8 Å². The summed E-state index contributed by atoms with van der Waals surface area (Å²) in [7, 11) is 0. The molecular formula is C75H133NO8. The van der Waals surface area contributed by atoms with Gasteiger partial charge in [-0.05, 0) is 77.0 Å². The molecule has 1 aliphatic rings. The fraction of sp³-hybridized carbons (Fsp3) is 0.773. The van der Waals surface area contributed by atoms with E-state index < -0.39 is 49.5 Å². The third-order valence-corrected chi connectivity index (χ3v) is 16.4. The van der Waals surface area contributed by atoms with Crippen LogP contribution in [0.15, 0.2) is 97.2 Å². The van der Waals surface area contributed by atoms with E-state index in [1.165, 1.54) is 199 Å². The van der Waals surface area contributed by atoms with Crippen LogP contribution in [-0.4, -0.2) is 87.5 Å². The highest BCUT2D eigenvalue weighted by molar-refractivity contribution is 5.76. The quantitative estimate of drug-likeness (QED) is 0.0261. The third kappa shape index (κ3) is 51.2. The summed E-state index contributed by atoms with van der Waals surface area (Å²) in [5.74, 6) is -0.183. The maximum absolute atomic E-state index is 13.1. The fourth-order valence-corrected chi connectivity index (χ4v) is 10.9. The summed E-state index contributed by atoms with van der Waals surface area (Å²) in [6, 6.07) is -0.817. The van der Waals surface area contributed by atoms with E-state index in [9.17, 15) is 30.3 Å². The molecular weight excluding hydrogens is 1040 g/mol. The Balaban J connectivity index is 2.16. The van der Waals surface area contributed by atoms with Crippen LogP contribution in [0.25, 0.3) is 0 Å². The van der Waals surface area contributed by atoms with Crippen molar-refractivity contribution in [3.63, 3.8) is 0 Å². The molecule has 0 aliphatic carbocycles. The number of aliphatic hydroxyl groups is 5. The van der Waals surface area contributed by atoms with Gasteiger partial charge in [-0.2, -0.15) is 0 Å². The molecule has 1 heterocycles. The van der Waals surface area contributed by atoms with Crippen molar-refractivity contribution in [3.8, 4) is 0 Å². The number of ether oxygens (including phenoxy) is 2. The third-order valence-electron chi connectivity index (χ3n) is 16.4. The maximum Gasteiger partial charge on any atom is 0.220 e. The molecule has 1 amide bonds. The van der Waals surface area contributed by atoms with Gasteiger partial charge in [0.1, 0.15) is 24.4 Å². The molecule has 1 fully saturated rings. The minimum absolute atomic E-state index is 0.183. The molecule has 9 heteroatoms. The normalized spacial score (nSPS) is 18.8. The van der Waals surface area contributed by atoms with Crippen LogP contribution in [-0.2, 0) is 14.3 Å². The van der Waals surface area contributed by atoms with Gasteiger partial charge < -0.3 is 40.3 Å². The first-order chi connectivity index (χ1) is 41.3. The number of hydrogen-bond donors (Lipinski definition) is 6. The van der Waals surface area contributed by atoms with Crippen LogP contribution in [0.5, 0.6) is 0 Å². The SMILES string of the molecule is CC/C=C\C/C=C\C/C=C\C/C=C\C/C=C\C/C=C\C/C=C\CCCCCCCCCCCC(=O)NC(COC1OC(CO)C(O)C(O)C1O)C(O)/C=C/CCCCCCCCCCCCCCCCCCCCCCCCCCCCCC. The van der Waals surface area contributed by atoms with Crippen LogP contribution >= 0.6 is 0 Å². The standard InChI is InChI=1S/C75H133NO8/c1-3-5-7-9-11-13-15-17-19-21-23-25-27-29-31-33-35-37-39-41-43-45-47-49-51-53-55-57-59-61-63-65-71(79)76-68(67-83-75-74(82)73(81)72(80)70(66-77)84-75)69(78)64-62-60-58-56-54-52-50-48-46-44-42-40-38-36-34-32-30-28-26-24-22-20-18-16-14-12-10-8-6-4-2/h5,7,11,13,17,19,23,25,29,31,35,37,41,43,62,64,68-70,72-75,77-78,80-82H,3-4,6,8-10,12,14-16,18,20-22,24,26-28,30,32-34,36,38-40,42,44-61,63,65-67H2,1-2H3,(H,76,79)/b7-5-,13-11-,19-17-,25-23-,31-29-,37-35-,43-41-,64-62+. The van der Waals surface area contributed by atoms with Crippen LogP contribution < -0.4 is 5.32 Å². The second-order valence-electron chi connectivity index (χ2n) is 24.3. The molecule has 0 spiro atoms. The van der Waals surface area contributed by atoms with Gasteiger partial charge in [-0.15, -0.1) is 0 Å². The predicted octanol–water partition coefficient (Wildman–Crippen LogP) is 19.5. The minimum Gasteiger partial charge on any atom is -0.394 e. The van der Waals surface area contributed by atoms with Gasteiger partial charge in [-0.1, -0.05) is 329 Å². The lowest BCUT2D eigenvalue weighted by Gasteiger charge is -2.40. The molecule has 6 N–H and O–H groups in total. The van der Waals surface area contributed by atoms with E-state index in [0.717, 1.165) is 96.3 Å². The molecule has 486 valence electrons. The summed E-state index contributed by atoms with van der Waals surface area (Å²) in [6.45, 7) is 3.69. The van der Waals surface area contributed by atoms with Crippen molar-refractivity contribution >= 4 is 5.91 Å². The first kappa shape index (κ1) is 79.1. The van der Waals surface area contributed by atoms with Crippen molar-refractivity contribution in [2.75, 3.05) is 13.2 Å². The van der Waals surface area contributed by atoms with Crippen LogP contribution in [0.4, 0.5) is 0 Å². The van der Waals surface area contributed by atoms with Crippen molar-refractivity contribution in [1.29, 1.82) is 0 Å². The van der Waals surface area contributed by atoms with Gasteiger partial charge >= 0.3 is 0 Å². The molecule has 1 rings (SSSR count). The van der Waals surface area contributed by atoms with Crippen LogP contribution in [0, 0.1) is 0 Å². The van der Waals surface area contributed by atoms with Gasteiger partial charge in [0.2, 0.25) is 5.91 Å². The van der Waals surface area contributed by atoms with Gasteiger partial charge in [0.05, 0.1) is 25.4 Å². The van der Waals surface area contributed by atoms with Gasteiger partial charge in [0, 0.05) is 6.42 Å².